The summed E-state index contributed by atoms with van der Waals surface area (Å²) >= 11 is 0. The van der Waals surface area contributed by atoms with Gasteiger partial charge < -0.3 is 14.8 Å². The van der Waals surface area contributed by atoms with E-state index >= 15 is 0 Å². The fourth-order valence-corrected chi connectivity index (χ4v) is 3.68. The van der Waals surface area contributed by atoms with Crippen LogP contribution in [0.3, 0.4) is 0 Å². The Balaban J connectivity index is 1.73. The van der Waals surface area contributed by atoms with Crippen molar-refractivity contribution in [3.8, 4) is 0 Å². The summed E-state index contributed by atoms with van der Waals surface area (Å²) in [7, 11) is 0. The number of nitrogens with one attached hydrogen (secondary N) is 1. The van der Waals surface area contributed by atoms with Crippen molar-refractivity contribution in [3.05, 3.63) is 0 Å². The highest BCUT2D eigenvalue weighted by atomic mass is 16.5. The maximum atomic E-state index is 6.12. The fourth-order valence-electron chi connectivity index (χ4n) is 3.68. The van der Waals surface area contributed by atoms with Gasteiger partial charge in [-0.15, -0.1) is 0 Å². The van der Waals surface area contributed by atoms with Crippen molar-refractivity contribution in [1.29, 1.82) is 0 Å². The van der Waals surface area contributed by atoms with Gasteiger partial charge in [-0.2, -0.15) is 0 Å². The van der Waals surface area contributed by atoms with Crippen molar-refractivity contribution >= 4 is 0 Å². The van der Waals surface area contributed by atoms with Gasteiger partial charge in [0, 0.05) is 38.8 Å². The van der Waals surface area contributed by atoms with Crippen LogP contribution >= 0.6 is 0 Å². The van der Waals surface area contributed by atoms with Crippen LogP contribution < -0.4 is 5.32 Å². The van der Waals surface area contributed by atoms with Crippen LogP contribution in [0.15, 0.2) is 0 Å². The Labute approximate surface area is 124 Å². The van der Waals surface area contributed by atoms with Gasteiger partial charge in [-0.3, -0.25) is 4.90 Å². The van der Waals surface area contributed by atoms with E-state index in [1.807, 2.05) is 0 Å². The van der Waals surface area contributed by atoms with Crippen molar-refractivity contribution in [1.82, 2.24) is 10.2 Å². The SMILES string of the molecule is CC(NCCN1CC(C)(C)OC(C)(C)C1)C1CCCO1. The second kappa shape index (κ2) is 6.30. The monoisotopic (exact) mass is 284 g/mol. The van der Waals surface area contributed by atoms with Gasteiger partial charge in [-0.05, 0) is 47.5 Å². The van der Waals surface area contributed by atoms with Gasteiger partial charge in [0.25, 0.3) is 0 Å². The molecular formula is C16H32N2O2. The zero-order chi connectivity index (χ0) is 14.8. The van der Waals surface area contributed by atoms with Crippen LogP contribution in [0.2, 0.25) is 0 Å². The maximum absolute atomic E-state index is 6.12. The average molecular weight is 284 g/mol. The molecule has 1 N–H and O–H groups in total. The van der Waals surface area contributed by atoms with Crippen molar-refractivity contribution in [3.63, 3.8) is 0 Å². The van der Waals surface area contributed by atoms with Gasteiger partial charge in [0.2, 0.25) is 0 Å². The molecule has 0 radical (unpaired) electrons. The molecule has 2 rings (SSSR count). The van der Waals surface area contributed by atoms with Crippen LogP contribution in [-0.4, -0.2) is 61.0 Å². The van der Waals surface area contributed by atoms with Crippen LogP contribution in [0, 0.1) is 0 Å². The van der Waals surface area contributed by atoms with E-state index in [0.717, 1.165) is 32.8 Å². The number of nitrogens with zero attached hydrogens (tertiary/aromatic N) is 1. The minimum atomic E-state index is -0.0536. The van der Waals surface area contributed by atoms with Crippen LogP contribution in [0.25, 0.3) is 0 Å². The first-order chi connectivity index (χ1) is 9.27. The largest absolute Gasteiger partial charge is 0.377 e. The molecule has 2 fully saturated rings. The Morgan fingerprint density at radius 1 is 1.20 bits per heavy atom. The molecule has 118 valence electrons. The first-order valence-electron chi connectivity index (χ1n) is 8.05. The first kappa shape index (κ1) is 16.2. The predicted octanol–water partition coefficient (Wildman–Crippen LogP) is 2.03. The molecule has 4 nitrogen and oxygen atoms in total. The minimum Gasteiger partial charge on any atom is -0.377 e. The first-order valence-corrected chi connectivity index (χ1v) is 8.05. The second-order valence-electron chi connectivity index (χ2n) is 7.63. The molecule has 0 aromatic rings. The number of hydrogen-bond acceptors (Lipinski definition) is 4. The molecule has 4 heteroatoms. The van der Waals surface area contributed by atoms with Crippen LogP contribution in [0.5, 0.6) is 0 Å². The zero-order valence-electron chi connectivity index (χ0n) is 13.9. The van der Waals surface area contributed by atoms with Gasteiger partial charge in [0.1, 0.15) is 0 Å². The molecule has 0 aromatic heterocycles. The molecule has 2 aliphatic rings. The smallest absolute Gasteiger partial charge is 0.0760 e. The molecule has 2 aliphatic heterocycles. The molecule has 0 aliphatic carbocycles. The molecule has 0 spiro atoms. The standard InChI is InChI=1S/C16H32N2O2/c1-13(14-7-6-10-19-14)17-8-9-18-11-15(2,3)20-16(4,5)12-18/h13-14,17H,6-12H2,1-5H3. The van der Waals surface area contributed by atoms with Gasteiger partial charge in [-0.25, -0.2) is 0 Å². The van der Waals surface area contributed by atoms with E-state index in [2.05, 4.69) is 44.8 Å². The third-order valence-corrected chi connectivity index (χ3v) is 4.18. The Morgan fingerprint density at radius 3 is 2.40 bits per heavy atom. The fraction of sp³-hybridized carbons (Fsp3) is 1.00. The average Bonchev–Trinajstić information content (AvgIpc) is 2.77. The molecule has 0 saturated carbocycles. The topological polar surface area (TPSA) is 33.7 Å². The van der Waals surface area contributed by atoms with Crippen molar-refractivity contribution < 1.29 is 9.47 Å². The number of hydrogen-bond donors (Lipinski definition) is 1. The van der Waals surface area contributed by atoms with Crippen molar-refractivity contribution in [2.75, 3.05) is 32.8 Å². The molecule has 20 heavy (non-hydrogen) atoms. The van der Waals surface area contributed by atoms with Crippen LogP contribution in [-0.2, 0) is 9.47 Å². The van der Waals surface area contributed by atoms with E-state index in [0.29, 0.717) is 12.1 Å². The highest BCUT2D eigenvalue weighted by molar-refractivity contribution is 4.89. The van der Waals surface area contributed by atoms with E-state index in [9.17, 15) is 0 Å². The van der Waals surface area contributed by atoms with Crippen LogP contribution in [0.4, 0.5) is 0 Å². The number of ether oxygens (including phenoxy) is 2. The van der Waals surface area contributed by atoms with E-state index < -0.39 is 0 Å². The van der Waals surface area contributed by atoms with Gasteiger partial charge >= 0.3 is 0 Å². The molecule has 2 unspecified atom stereocenters. The molecule has 2 saturated heterocycles. The summed E-state index contributed by atoms with van der Waals surface area (Å²) in [4.78, 5) is 2.51. The summed E-state index contributed by atoms with van der Waals surface area (Å²) in [6.45, 7) is 16.0. The lowest BCUT2D eigenvalue weighted by atomic mass is 9.99. The summed E-state index contributed by atoms with van der Waals surface area (Å²) in [5.41, 5.74) is -0.107. The Bertz CT molecular complexity index is 296. The summed E-state index contributed by atoms with van der Waals surface area (Å²) in [5, 5.41) is 3.62. The lowest BCUT2D eigenvalue weighted by Crippen LogP contribution is -2.58. The van der Waals surface area contributed by atoms with Crippen molar-refractivity contribution in [2.24, 2.45) is 0 Å². The third-order valence-electron chi connectivity index (χ3n) is 4.18. The lowest BCUT2D eigenvalue weighted by Gasteiger charge is -2.47. The minimum absolute atomic E-state index is 0.0536. The Kier molecular flexibility index (Phi) is 5.11. The number of rotatable bonds is 5. The molecule has 0 bridgehead atoms. The molecular weight excluding hydrogens is 252 g/mol. The number of morpholine rings is 1. The second-order valence-corrected chi connectivity index (χ2v) is 7.63. The van der Waals surface area contributed by atoms with Crippen molar-refractivity contribution in [2.45, 2.75) is 70.8 Å². The Hall–Kier alpha value is -0.160. The quantitative estimate of drug-likeness (QED) is 0.837. The summed E-state index contributed by atoms with van der Waals surface area (Å²) in [5.74, 6) is 0. The summed E-state index contributed by atoms with van der Waals surface area (Å²) < 4.78 is 11.8. The molecule has 0 amide bonds. The lowest BCUT2D eigenvalue weighted by molar-refractivity contribution is -0.180. The molecule has 2 heterocycles. The zero-order valence-corrected chi connectivity index (χ0v) is 13.9. The third kappa shape index (κ3) is 4.69. The van der Waals surface area contributed by atoms with Gasteiger partial charge in [0.05, 0.1) is 17.3 Å². The van der Waals surface area contributed by atoms with E-state index in [-0.39, 0.29) is 11.2 Å². The Morgan fingerprint density at radius 2 is 1.85 bits per heavy atom. The van der Waals surface area contributed by atoms with Gasteiger partial charge in [-0.1, -0.05) is 0 Å². The van der Waals surface area contributed by atoms with E-state index in [1.165, 1.54) is 12.8 Å². The highest BCUT2D eigenvalue weighted by Crippen LogP contribution is 2.27. The van der Waals surface area contributed by atoms with E-state index in [1.54, 1.807) is 0 Å². The molecule has 2 atom stereocenters. The summed E-state index contributed by atoms with van der Waals surface area (Å²) in [6, 6.07) is 0.458. The predicted molar refractivity (Wildman–Crippen MR) is 82.1 cm³/mol. The normalized spacial score (nSPS) is 31.4. The highest BCUT2D eigenvalue weighted by Gasteiger charge is 2.37. The summed E-state index contributed by atoms with van der Waals surface area (Å²) in [6.07, 6.45) is 2.82. The molecule has 0 aromatic carbocycles. The maximum Gasteiger partial charge on any atom is 0.0760 e. The van der Waals surface area contributed by atoms with Crippen LogP contribution in [0.1, 0.15) is 47.5 Å². The van der Waals surface area contributed by atoms with E-state index in [4.69, 9.17) is 9.47 Å². The van der Waals surface area contributed by atoms with Gasteiger partial charge in [0.15, 0.2) is 0 Å².